The third-order valence-electron chi connectivity index (χ3n) is 3.31. The number of amides is 2. The highest BCUT2D eigenvalue weighted by atomic mass is 19.1. The first-order valence-electron chi connectivity index (χ1n) is 7.44. The minimum Gasteiger partial charge on any atom is -0.373 e. The molecule has 6 nitrogen and oxygen atoms in total. The number of halogens is 2. The second-order valence-corrected chi connectivity index (χ2v) is 5.86. The van der Waals surface area contributed by atoms with Crippen molar-refractivity contribution in [2.75, 3.05) is 24.3 Å². The summed E-state index contributed by atoms with van der Waals surface area (Å²) in [7, 11) is 3.06. The lowest BCUT2D eigenvalue weighted by atomic mass is 10.1. The third kappa shape index (κ3) is 4.21. The second kappa shape index (κ2) is 7.29. The van der Waals surface area contributed by atoms with Crippen molar-refractivity contribution in [2.24, 2.45) is 0 Å². The number of rotatable bonds is 5. The Morgan fingerprint density at radius 3 is 2.38 bits per heavy atom. The first-order valence-corrected chi connectivity index (χ1v) is 7.44. The lowest BCUT2D eigenvalue weighted by Crippen LogP contribution is -2.28. The molecule has 8 heteroatoms. The molecule has 0 aliphatic heterocycles. The SMILES string of the molecule is CC(C)c1cc(CNC(=O)Nc2cc(F)c(N(C)C)c(F)c2)on1. The summed E-state index contributed by atoms with van der Waals surface area (Å²) >= 11 is 0. The zero-order chi connectivity index (χ0) is 17.9. The van der Waals surface area contributed by atoms with Crippen LogP contribution < -0.4 is 15.5 Å². The molecule has 1 aromatic carbocycles. The van der Waals surface area contributed by atoms with Gasteiger partial charge in [0.1, 0.15) is 5.69 Å². The van der Waals surface area contributed by atoms with E-state index >= 15 is 0 Å². The number of aromatic nitrogens is 1. The summed E-state index contributed by atoms with van der Waals surface area (Å²) in [5.41, 5.74) is 0.646. The maximum absolute atomic E-state index is 13.9. The van der Waals surface area contributed by atoms with Crippen LogP contribution in [0.1, 0.15) is 31.2 Å². The van der Waals surface area contributed by atoms with E-state index in [0.29, 0.717) is 5.76 Å². The smallest absolute Gasteiger partial charge is 0.319 e. The molecule has 2 aromatic rings. The van der Waals surface area contributed by atoms with Crippen LogP contribution in [0.15, 0.2) is 22.7 Å². The number of anilines is 2. The Kier molecular flexibility index (Phi) is 5.38. The molecule has 0 spiro atoms. The molecule has 0 saturated heterocycles. The lowest BCUT2D eigenvalue weighted by Gasteiger charge is -2.16. The van der Waals surface area contributed by atoms with Crippen molar-refractivity contribution in [3.05, 3.63) is 41.3 Å². The van der Waals surface area contributed by atoms with Gasteiger partial charge in [0.15, 0.2) is 17.4 Å². The monoisotopic (exact) mass is 338 g/mol. The van der Waals surface area contributed by atoms with Gasteiger partial charge in [-0.25, -0.2) is 13.6 Å². The summed E-state index contributed by atoms with van der Waals surface area (Å²) in [6.07, 6.45) is 0. The van der Waals surface area contributed by atoms with E-state index in [1.165, 1.54) is 19.0 Å². The van der Waals surface area contributed by atoms with Crippen LogP contribution in [0.5, 0.6) is 0 Å². The Hall–Kier alpha value is -2.64. The lowest BCUT2D eigenvalue weighted by molar-refractivity contribution is 0.250. The van der Waals surface area contributed by atoms with E-state index in [-0.39, 0.29) is 23.8 Å². The number of nitrogens with one attached hydrogen (secondary N) is 2. The highest BCUT2D eigenvalue weighted by Gasteiger charge is 2.14. The van der Waals surface area contributed by atoms with E-state index in [0.717, 1.165) is 17.8 Å². The molecular formula is C16H20F2N4O2. The minimum absolute atomic E-state index is 0.0218. The van der Waals surface area contributed by atoms with Gasteiger partial charge in [0, 0.05) is 25.8 Å². The molecule has 0 fully saturated rings. The van der Waals surface area contributed by atoms with Crippen LogP contribution in [0.25, 0.3) is 0 Å². The predicted octanol–water partition coefficient (Wildman–Crippen LogP) is 3.46. The number of nitrogens with zero attached hydrogens (tertiary/aromatic N) is 2. The maximum Gasteiger partial charge on any atom is 0.319 e. The van der Waals surface area contributed by atoms with E-state index in [4.69, 9.17) is 4.52 Å². The molecule has 130 valence electrons. The quantitative estimate of drug-likeness (QED) is 0.876. The van der Waals surface area contributed by atoms with Crippen molar-refractivity contribution in [2.45, 2.75) is 26.3 Å². The van der Waals surface area contributed by atoms with Crippen LogP contribution in [0.4, 0.5) is 25.0 Å². The minimum atomic E-state index is -0.757. The van der Waals surface area contributed by atoms with Gasteiger partial charge in [0.2, 0.25) is 0 Å². The number of benzene rings is 1. The van der Waals surface area contributed by atoms with Gasteiger partial charge >= 0.3 is 6.03 Å². The molecule has 0 aliphatic rings. The predicted molar refractivity (Wildman–Crippen MR) is 87.1 cm³/mol. The molecule has 2 rings (SSSR count). The van der Waals surface area contributed by atoms with Crippen LogP contribution in [0.3, 0.4) is 0 Å². The van der Waals surface area contributed by atoms with Crippen LogP contribution >= 0.6 is 0 Å². The fraction of sp³-hybridized carbons (Fsp3) is 0.375. The zero-order valence-corrected chi connectivity index (χ0v) is 14.0. The Morgan fingerprint density at radius 2 is 1.88 bits per heavy atom. The van der Waals surface area contributed by atoms with E-state index in [9.17, 15) is 13.6 Å². The molecule has 24 heavy (non-hydrogen) atoms. The fourth-order valence-corrected chi connectivity index (χ4v) is 2.09. The van der Waals surface area contributed by atoms with Crippen molar-refractivity contribution in [1.29, 1.82) is 0 Å². The molecule has 1 aromatic heterocycles. The molecule has 2 N–H and O–H groups in total. The molecule has 0 radical (unpaired) electrons. The number of carbonyl (C=O) groups excluding carboxylic acids is 1. The topological polar surface area (TPSA) is 70.4 Å². The van der Waals surface area contributed by atoms with Crippen LogP contribution in [0.2, 0.25) is 0 Å². The van der Waals surface area contributed by atoms with Gasteiger partial charge in [-0.3, -0.25) is 0 Å². The number of urea groups is 1. The van der Waals surface area contributed by atoms with Gasteiger partial charge < -0.3 is 20.1 Å². The summed E-state index contributed by atoms with van der Waals surface area (Å²) in [6, 6.07) is 3.26. The summed E-state index contributed by atoms with van der Waals surface area (Å²) in [4.78, 5) is 13.2. The highest BCUT2D eigenvalue weighted by Crippen LogP contribution is 2.25. The Labute approximate surface area is 138 Å². The van der Waals surface area contributed by atoms with Crippen LogP contribution in [0, 0.1) is 11.6 Å². The molecule has 0 bridgehead atoms. The molecule has 0 saturated carbocycles. The van der Waals surface area contributed by atoms with E-state index in [1.807, 2.05) is 13.8 Å². The van der Waals surface area contributed by atoms with Crippen LogP contribution in [-0.4, -0.2) is 25.3 Å². The van der Waals surface area contributed by atoms with Crippen molar-refractivity contribution < 1.29 is 18.1 Å². The van der Waals surface area contributed by atoms with Gasteiger partial charge in [0.05, 0.1) is 12.2 Å². The average Bonchev–Trinajstić information content (AvgIpc) is 2.93. The Balaban J connectivity index is 1.97. The van der Waals surface area contributed by atoms with Gasteiger partial charge in [-0.2, -0.15) is 0 Å². The first-order chi connectivity index (χ1) is 11.3. The third-order valence-corrected chi connectivity index (χ3v) is 3.31. The maximum atomic E-state index is 13.9. The summed E-state index contributed by atoms with van der Waals surface area (Å²) in [5.74, 6) is -0.800. The largest absolute Gasteiger partial charge is 0.373 e. The number of hydrogen-bond acceptors (Lipinski definition) is 4. The van der Waals surface area contributed by atoms with Gasteiger partial charge in [-0.05, 0) is 18.1 Å². The molecule has 0 atom stereocenters. The molecule has 2 amide bonds. The van der Waals surface area contributed by atoms with Gasteiger partial charge in [-0.1, -0.05) is 19.0 Å². The molecule has 0 unspecified atom stereocenters. The van der Waals surface area contributed by atoms with Gasteiger partial charge in [-0.15, -0.1) is 0 Å². The number of hydrogen-bond donors (Lipinski definition) is 2. The standard InChI is InChI=1S/C16H20F2N4O2/c1-9(2)14-7-11(24-21-14)8-19-16(23)20-10-5-12(17)15(22(3)4)13(18)6-10/h5-7,9H,8H2,1-4H3,(H2,19,20,23). The van der Waals surface area contributed by atoms with Crippen molar-refractivity contribution in [3.63, 3.8) is 0 Å². The highest BCUT2D eigenvalue weighted by molar-refractivity contribution is 5.89. The Morgan fingerprint density at radius 1 is 1.25 bits per heavy atom. The molecule has 0 aliphatic carbocycles. The van der Waals surface area contributed by atoms with Crippen molar-refractivity contribution in [1.82, 2.24) is 10.5 Å². The van der Waals surface area contributed by atoms with Gasteiger partial charge in [0.25, 0.3) is 0 Å². The Bertz CT molecular complexity index is 706. The van der Waals surface area contributed by atoms with Crippen molar-refractivity contribution >= 4 is 17.4 Å². The molecule has 1 heterocycles. The normalized spacial score (nSPS) is 10.8. The van der Waals surface area contributed by atoms with E-state index in [1.54, 1.807) is 6.07 Å². The first kappa shape index (κ1) is 17.7. The van der Waals surface area contributed by atoms with Crippen molar-refractivity contribution in [3.8, 4) is 0 Å². The average molecular weight is 338 g/mol. The second-order valence-electron chi connectivity index (χ2n) is 5.86. The number of carbonyl (C=O) groups is 1. The van der Waals surface area contributed by atoms with Crippen LogP contribution in [-0.2, 0) is 6.54 Å². The van der Waals surface area contributed by atoms with E-state index < -0.39 is 17.7 Å². The summed E-state index contributed by atoms with van der Waals surface area (Å²) < 4.78 is 32.8. The fourth-order valence-electron chi connectivity index (χ4n) is 2.09. The molecular weight excluding hydrogens is 318 g/mol. The zero-order valence-electron chi connectivity index (χ0n) is 14.0. The summed E-state index contributed by atoms with van der Waals surface area (Å²) in [6.45, 7) is 4.07. The summed E-state index contributed by atoms with van der Waals surface area (Å²) in [5, 5.41) is 8.79. The van der Waals surface area contributed by atoms with E-state index in [2.05, 4.69) is 15.8 Å².